The largest absolute Gasteiger partial charge is 0.493 e. The summed E-state index contributed by atoms with van der Waals surface area (Å²) >= 11 is 1.72. The number of methoxy groups -OCH3 is 2. The van der Waals surface area contributed by atoms with Gasteiger partial charge in [0, 0.05) is 11.8 Å². The Morgan fingerprint density at radius 1 is 1.19 bits per heavy atom. The van der Waals surface area contributed by atoms with Crippen molar-refractivity contribution < 1.29 is 14.3 Å². The molecule has 7 nitrogen and oxygen atoms in total. The number of nitrogens with zero attached hydrogens (tertiary/aromatic N) is 3. The number of carbonyl (C=O) groups is 1. The molecule has 8 heteroatoms. The van der Waals surface area contributed by atoms with E-state index >= 15 is 0 Å². The van der Waals surface area contributed by atoms with Crippen molar-refractivity contribution in [3.63, 3.8) is 0 Å². The van der Waals surface area contributed by atoms with E-state index < -0.39 is 0 Å². The summed E-state index contributed by atoms with van der Waals surface area (Å²) in [5.41, 5.74) is 1.25. The van der Waals surface area contributed by atoms with Gasteiger partial charge in [0.25, 0.3) is 5.91 Å². The maximum Gasteiger partial charge on any atom is 0.252 e. The second-order valence-electron chi connectivity index (χ2n) is 5.86. The average molecular weight is 386 g/mol. The maximum absolute atomic E-state index is 12.8. The van der Waals surface area contributed by atoms with E-state index in [-0.39, 0.29) is 11.9 Å². The molecule has 0 spiro atoms. The van der Waals surface area contributed by atoms with Gasteiger partial charge in [-0.1, -0.05) is 6.07 Å². The van der Waals surface area contributed by atoms with E-state index in [0.717, 1.165) is 17.8 Å². The summed E-state index contributed by atoms with van der Waals surface area (Å²) in [5, 5.41) is 11.6. The zero-order valence-electron chi connectivity index (χ0n) is 15.5. The molecule has 1 atom stereocenters. The van der Waals surface area contributed by atoms with E-state index in [0.29, 0.717) is 22.9 Å². The first-order valence-electron chi connectivity index (χ1n) is 8.49. The van der Waals surface area contributed by atoms with Gasteiger partial charge in [-0.2, -0.15) is 11.8 Å². The molecule has 1 unspecified atom stereocenters. The van der Waals surface area contributed by atoms with Crippen molar-refractivity contribution in [3.05, 3.63) is 54.0 Å². The third-order valence-electron chi connectivity index (χ3n) is 4.21. The number of rotatable bonds is 8. The standard InChI is InChI=1S/C19H22N4O3S/c1-25-15-8-7-13(12-16(15)26-2)19(24)20-14(9-11-27-3)18-22-21-17-6-4-5-10-23(17)18/h4-8,10,12,14H,9,11H2,1-3H3,(H,20,24). The topological polar surface area (TPSA) is 77.8 Å². The summed E-state index contributed by atoms with van der Waals surface area (Å²) in [6, 6.07) is 10.6. The number of pyridine rings is 1. The number of benzene rings is 1. The lowest BCUT2D eigenvalue weighted by Crippen LogP contribution is -2.30. The predicted molar refractivity (Wildman–Crippen MR) is 106 cm³/mol. The lowest BCUT2D eigenvalue weighted by Gasteiger charge is -2.17. The van der Waals surface area contributed by atoms with Crippen molar-refractivity contribution in [2.24, 2.45) is 0 Å². The van der Waals surface area contributed by atoms with Crippen LogP contribution in [0.5, 0.6) is 11.5 Å². The van der Waals surface area contributed by atoms with E-state index in [2.05, 4.69) is 15.5 Å². The zero-order chi connectivity index (χ0) is 19.2. The minimum atomic E-state index is -0.254. The van der Waals surface area contributed by atoms with Crippen molar-refractivity contribution in [3.8, 4) is 11.5 Å². The highest BCUT2D eigenvalue weighted by molar-refractivity contribution is 7.98. The number of hydrogen-bond acceptors (Lipinski definition) is 6. The van der Waals surface area contributed by atoms with Crippen LogP contribution in [0.2, 0.25) is 0 Å². The summed E-state index contributed by atoms with van der Waals surface area (Å²) in [7, 11) is 3.11. The number of aromatic nitrogens is 3. The quantitative estimate of drug-likeness (QED) is 0.641. The highest BCUT2D eigenvalue weighted by Gasteiger charge is 2.21. The van der Waals surface area contributed by atoms with Crippen LogP contribution < -0.4 is 14.8 Å². The van der Waals surface area contributed by atoms with Crippen LogP contribution >= 0.6 is 11.8 Å². The summed E-state index contributed by atoms with van der Waals surface area (Å²) in [5.74, 6) is 2.50. The number of amides is 1. The Kier molecular flexibility index (Phi) is 6.18. The van der Waals surface area contributed by atoms with Gasteiger partial charge in [-0.05, 0) is 48.8 Å². The van der Waals surface area contributed by atoms with Gasteiger partial charge in [-0.25, -0.2) is 0 Å². The third-order valence-corrected chi connectivity index (χ3v) is 4.86. The molecule has 1 aromatic carbocycles. The lowest BCUT2D eigenvalue weighted by molar-refractivity contribution is 0.0933. The van der Waals surface area contributed by atoms with Gasteiger partial charge in [0.1, 0.15) is 0 Å². The molecule has 3 aromatic rings. The highest BCUT2D eigenvalue weighted by Crippen LogP contribution is 2.28. The summed E-state index contributed by atoms with van der Waals surface area (Å²) in [4.78, 5) is 12.8. The summed E-state index contributed by atoms with van der Waals surface area (Å²) < 4.78 is 12.4. The first-order valence-corrected chi connectivity index (χ1v) is 9.88. The van der Waals surface area contributed by atoms with Gasteiger partial charge < -0.3 is 14.8 Å². The van der Waals surface area contributed by atoms with Gasteiger partial charge in [-0.15, -0.1) is 10.2 Å². The minimum Gasteiger partial charge on any atom is -0.493 e. The minimum absolute atomic E-state index is 0.199. The van der Waals surface area contributed by atoms with E-state index in [1.54, 1.807) is 44.2 Å². The van der Waals surface area contributed by atoms with Crippen molar-refractivity contribution in [2.75, 3.05) is 26.2 Å². The number of carbonyl (C=O) groups excluding carboxylic acids is 1. The molecule has 27 heavy (non-hydrogen) atoms. The fourth-order valence-electron chi connectivity index (χ4n) is 2.82. The highest BCUT2D eigenvalue weighted by atomic mass is 32.2. The van der Waals surface area contributed by atoms with E-state index in [9.17, 15) is 4.79 Å². The number of hydrogen-bond donors (Lipinski definition) is 1. The zero-order valence-corrected chi connectivity index (χ0v) is 16.3. The molecule has 3 rings (SSSR count). The van der Waals surface area contributed by atoms with E-state index in [4.69, 9.17) is 9.47 Å². The Bertz CT molecular complexity index is 928. The molecule has 2 aromatic heterocycles. The molecule has 142 valence electrons. The Morgan fingerprint density at radius 3 is 2.74 bits per heavy atom. The molecule has 0 saturated carbocycles. The normalized spacial score (nSPS) is 12.0. The second kappa shape index (κ2) is 8.77. The molecular weight excluding hydrogens is 364 g/mol. The fraction of sp³-hybridized carbons (Fsp3) is 0.316. The van der Waals surface area contributed by atoms with Crippen LogP contribution in [0.15, 0.2) is 42.6 Å². The molecule has 1 amide bonds. The number of nitrogens with one attached hydrogen (secondary N) is 1. The van der Waals surface area contributed by atoms with Crippen LogP contribution in [-0.2, 0) is 0 Å². The van der Waals surface area contributed by atoms with Crippen LogP contribution in [0, 0.1) is 0 Å². The van der Waals surface area contributed by atoms with Gasteiger partial charge in [0.15, 0.2) is 23.0 Å². The Hall–Kier alpha value is -2.74. The molecule has 0 fully saturated rings. The smallest absolute Gasteiger partial charge is 0.252 e. The molecule has 0 bridgehead atoms. The van der Waals surface area contributed by atoms with Gasteiger partial charge in [0.05, 0.1) is 20.3 Å². The van der Waals surface area contributed by atoms with Crippen LogP contribution in [0.3, 0.4) is 0 Å². The van der Waals surface area contributed by atoms with Gasteiger partial charge in [0.2, 0.25) is 0 Å². The summed E-state index contributed by atoms with van der Waals surface area (Å²) in [6.45, 7) is 0. The van der Waals surface area contributed by atoms with Crippen molar-refractivity contribution >= 4 is 23.3 Å². The van der Waals surface area contributed by atoms with Gasteiger partial charge >= 0.3 is 0 Å². The van der Waals surface area contributed by atoms with E-state index in [1.807, 2.05) is 35.1 Å². The van der Waals surface area contributed by atoms with Crippen molar-refractivity contribution in [2.45, 2.75) is 12.5 Å². The Labute approximate surface area is 162 Å². The monoisotopic (exact) mass is 386 g/mol. The van der Waals surface area contributed by atoms with E-state index in [1.165, 1.54) is 0 Å². The SMILES string of the molecule is COc1ccc(C(=O)NC(CCSC)c2nnc3ccccn23)cc1OC. The number of fused-ring (bicyclic) bond motifs is 1. The average Bonchev–Trinajstić information content (AvgIpc) is 3.14. The van der Waals surface area contributed by atoms with Crippen molar-refractivity contribution in [1.82, 2.24) is 19.9 Å². The van der Waals surface area contributed by atoms with Crippen LogP contribution in [0.25, 0.3) is 5.65 Å². The first kappa shape index (κ1) is 19.0. The van der Waals surface area contributed by atoms with Crippen LogP contribution in [-0.4, -0.2) is 46.7 Å². The fourth-order valence-corrected chi connectivity index (χ4v) is 3.29. The van der Waals surface area contributed by atoms with Crippen LogP contribution in [0.4, 0.5) is 0 Å². The number of thioether (sulfide) groups is 1. The Morgan fingerprint density at radius 2 is 2.00 bits per heavy atom. The molecule has 2 heterocycles. The molecular formula is C19H22N4O3S. The lowest BCUT2D eigenvalue weighted by atomic mass is 10.1. The molecule has 0 aliphatic rings. The molecule has 0 radical (unpaired) electrons. The van der Waals surface area contributed by atoms with Crippen LogP contribution in [0.1, 0.15) is 28.6 Å². The van der Waals surface area contributed by atoms with Crippen molar-refractivity contribution in [1.29, 1.82) is 0 Å². The molecule has 1 N–H and O–H groups in total. The predicted octanol–water partition coefficient (Wildman–Crippen LogP) is 2.97. The molecule has 0 aliphatic heterocycles. The third kappa shape index (κ3) is 4.16. The first-order chi connectivity index (χ1) is 13.2. The Balaban J connectivity index is 1.87. The maximum atomic E-state index is 12.8. The summed E-state index contributed by atoms with van der Waals surface area (Å²) in [6.07, 6.45) is 4.68. The molecule has 0 saturated heterocycles. The number of ether oxygens (including phenoxy) is 2. The molecule has 0 aliphatic carbocycles. The second-order valence-corrected chi connectivity index (χ2v) is 6.85. The van der Waals surface area contributed by atoms with Gasteiger partial charge in [-0.3, -0.25) is 9.20 Å².